The van der Waals surface area contributed by atoms with Crippen LogP contribution in [-0.4, -0.2) is 22.8 Å². The Hall–Kier alpha value is -1.29. The van der Waals surface area contributed by atoms with Gasteiger partial charge in [0.1, 0.15) is 0 Å². The standard InChI is InChI=1S/C11H11NO2.C5H12S.2C2H6/c1-8-7-10(13)12(11(8)14)9-5-3-2-4-6-9;1-5(2,3)6-4;2*1-2/h2-6,8H,7H2,1H3;1-4H3;2*1-2H3. The third kappa shape index (κ3) is 9.11. The van der Waals surface area contributed by atoms with Crippen molar-refractivity contribution in [2.75, 3.05) is 11.2 Å². The molecule has 1 saturated heterocycles. The van der Waals surface area contributed by atoms with Gasteiger partial charge >= 0.3 is 0 Å². The van der Waals surface area contributed by atoms with E-state index in [1.54, 1.807) is 19.1 Å². The third-order valence-corrected chi connectivity index (χ3v) is 4.22. The minimum atomic E-state index is -0.178. The van der Waals surface area contributed by atoms with E-state index in [-0.39, 0.29) is 17.7 Å². The number of amides is 2. The molecule has 1 unspecified atom stereocenters. The average Bonchev–Trinajstić information content (AvgIpc) is 2.84. The summed E-state index contributed by atoms with van der Waals surface area (Å²) in [4.78, 5) is 24.4. The lowest BCUT2D eigenvalue weighted by Crippen LogP contribution is -2.29. The van der Waals surface area contributed by atoms with Gasteiger partial charge in [-0.15, -0.1) is 0 Å². The van der Waals surface area contributed by atoms with Crippen LogP contribution in [0.1, 0.15) is 61.8 Å². The first-order valence-corrected chi connectivity index (χ1v) is 9.95. The van der Waals surface area contributed by atoms with Crippen LogP contribution in [0.25, 0.3) is 0 Å². The van der Waals surface area contributed by atoms with Crippen LogP contribution in [0.5, 0.6) is 0 Å². The molecule has 24 heavy (non-hydrogen) atoms. The fourth-order valence-electron chi connectivity index (χ4n) is 1.63. The lowest BCUT2D eigenvalue weighted by atomic mass is 10.1. The van der Waals surface area contributed by atoms with Gasteiger partial charge in [0.15, 0.2) is 0 Å². The molecule has 138 valence electrons. The predicted octanol–water partition coefficient (Wildman–Crippen LogP) is 5.79. The Morgan fingerprint density at radius 2 is 1.42 bits per heavy atom. The number of rotatable bonds is 1. The molecule has 1 aromatic carbocycles. The molecule has 0 radical (unpaired) electrons. The molecule has 1 aliphatic heterocycles. The maximum absolute atomic E-state index is 11.6. The molecule has 3 nitrogen and oxygen atoms in total. The van der Waals surface area contributed by atoms with E-state index in [2.05, 4.69) is 27.0 Å². The number of nitrogens with zero attached hydrogens (tertiary/aromatic N) is 1. The van der Waals surface area contributed by atoms with E-state index in [9.17, 15) is 9.59 Å². The number of carbonyl (C=O) groups excluding carboxylic acids is 2. The molecule has 1 aliphatic rings. The molecule has 0 saturated carbocycles. The van der Waals surface area contributed by atoms with Gasteiger partial charge in [-0.3, -0.25) is 14.5 Å². The Bertz CT molecular complexity index is 466. The normalized spacial score (nSPS) is 16.2. The number of carbonyl (C=O) groups is 2. The van der Waals surface area contributed by atoms with Crippen molar-refractivity contribution in [3.05, 3.63) is 30.3 Å². The smallest absolute Gasteiger partial charge is 0.237 e. The van der Waals surface area contributed by atoms with Crippen LogP contribution in [0.3, 0.4) is 0 Å². The Balaban J connectivity index is 0. The van der Waals surface area contributed by atoms with Crippen molar-refractivity contribution < 1.29 is 9.59 Å². The van der Waals surface area contributed by atoms with E-state index in [4.69, 9.17) is 0 Å². The molecule has 4 heteroatoms. The second kappa shape index (κ2) is 13.1. The highest BCUT2D eigenvalue weighted by Gasteiger charge is 2.36. The summed E-state index contributed by atoms with van der Waals surface area (Å²) < 4.78 is 0.458. The number of thioether (sulfide) groups is 1. The topological polar surface area (TPSA) is 37.4 Å². The van der Waals surface area contributed by atoms with E-state index in [0.717, 1.165) is 0 Å². The molecule has 1 atom stereocenters. The van der Waals surface area contributed by atoms with Gasteiger partial charge in [0, 0.05) is 17.1 Å². The lowest BCUT2D eigenvalue weighted by Gasteiger charge is -2.13. The first kappa shape index (κ1) is 25.0. The van der Waals surface area contributed by atoms with Crippen molar-refractivity contribution >= 4 is 29.3 Å². The van der Waals surface area contributed by atoms with Crippen LogP contribution in [0.15, 0.2) is 30.3 Å². The van der Waals surface area contributed by atoms with Crippen molar-refractivity contribution in [3.8, 4) is 0 Å². The summed E-state index contributed by atoms with van der Waals surface area (Å²) in [5.41, 5.74) is 0.673. The summed E-state index contributed by atoms with van der Waals surface area (Å²) in [6, 6.07) is 9.04. The maximum Gasteiger partial charge on any atom is 0.237 e. The van der Waals surface area contributed by atoms with Crippen molar-refractivity contribution in [2.24, 2.45) is 5.92 Å². The molecule has 1 heterocycles. The van der Waals surface area contributed by atoms with Crippen molar-refractivity contribution in [2.45, 2.75) is 66.6 Å². The Morgan fingerprint density at radius 1 is 1.00 bits per heavy atom. The zero-order valence-electron chi connectivity index (χ0n) is 16.8. The second-order valence-corrected chi connectivity index (χ2v) is 7.46. The van der Waals surface area contributed by atoms with Crippen LogP contribution < -0.4 is 4.90 Å². The largest absolute Gasteiger partial charge is 0.274 e. The molecule has 0 aliphatic carbocycles. The molecule has 0 N–H and O–H groups in total. The SMILES string of the molecule is CC.CC.CC1CC(=O)N(c2ccccc2)C1=O.CSC(C)(C)C. The molecule has 0 spiro atoms. The quantitative estimate of drug-likeness (QED) is 0.600. The Labute approximate surface area is 153 Å². The zero-order valence-corrected chi connectivity index (χ0v) is 17.7. The van der Waals surface area contributed by atoms with Crippen LogP contribution in [-0.2, 0) is 9.59 Å². The summed E-state index contributed by atoms with van der Waals surface area (Å²) in [6.45, 7) is 16.4. The second-order valence-electron chi connectivity index (χ2n) is 5.82. The molecule has 2 rings (SSSR count). The van der Waals surface area contributed by atoms with Gasteiger partial charge in [-0.2, -0.15) is 11.8 Å². The number of anilines is 1. The van der Waals surface area contributed by atoms with Gasteiger partial charge < -0.3 is 0 Å². The monoisotopic (exact) mass is 353 g/mol. The van der Waals surface area contributed by atoms with E-state index in [1.807, 2.05) is 57.7 Å². The van der Waals surface area contributed by atoms with E-state index in [1.165, 1.54) is 4.90 Å². The van der Waals surface area contributed by atoms with Crippen molar-refractivity contribution in [1.29, 1.82) is 0 Å². The highest BCUT2D eigenvalue weighted by Crippen LogP contribution is 2.25. The fraction of sp³-hybridized carbons (Fsp3) is 0.600. The minimum Gasteiger partial charge on any atom is -0.274 e. The molecule has 0 aromatic heterocycles. The van der Waals surface area contributed by atoms with Gasteiger partial charge in [-0.25, -0.2) is 0 Å². The highest BCUT2D eigenvalue weighted by atomic mass is 32.2. The van der Waals surface area contributed by atoms with E-state index < -0.39 is 0 Å². The Morgan fingerprint density at radius 3 is 1.71 bits per heavy atom. The fourth-order valence-corrected chi connectivity index (χ4v) is 1.63. The predicted molar refractivity (Wildman–Crippen MR) is 109 cm³/mol. The number of hydrogen-bond acceptors (Lipinski definition) is 3. The van der Waals surface area contributed by atoms with Crippen LogP contribution >= 0.6 is 11.8 Å². The van der Waals surface area contributed by atoms with Gasteiger partial charge in [0.2, 0.25) is 11.8 Å². The van der Waals surface area contributed by atoms with Gasteiger partial charge in [-0.1, -0.05) is 73.6 Å². The number of hydrogen-bond donors (Lipinski definition) is 0. The first-order chi connectivity index (χ1) is 11.3. The van der Waals surface area contributed by atoms with Gasteiger partial charge in [-0.05, 0) is 18.4 Å². The average molecular weight is 354 g/mol. The van der Waals surface area contributed by atoms with Crippen LogP contribution in [0, 0.1) is 5.92 Å². The highest BCUT2D eigenvalue weighted by molar-refractivity contribution is 7.99. The van der Waals surface area contributed by atoms with Gasteiger partial charge in [0.25, 0.3) is 0 Å². The third-order valence-electron chi connectivity index (χ3n) is 3.00. The summed E-state index contributed by atoms with van der Waals surface area (Å²) >= 11 is 1.88. The molecule has 1 aromatic rings. The van der Waals surface area contributed by atoms with Crippen LogP contribution in [0.4, 0.5) is 5.69 Å². The van der Waals surface area contributed by atoms with E-state index in [0.29, 0.717) is 16.9 Å². The summed E-state index contributed by atoms with van der Waals surface area (Å²) in [7, 11) is 0. The molecular weight excluding hydrogens is 318 g/mol. The van der Waals surface area contributed by atoms with Crippen molar-refractivity contribution in [3.63, 3.8) is 0 Å². The summed E-state index contributed by atoms with van der Waals surface area (Å²) in [6.07, 6.45) is 2.45. The zero-order chi connectivity index (χ0) is 19.3. The van der Waals surface area contributed by atoms with Crippen LogP contribution in [0.2, 0.25) is 0 Å². The van der Waals surface area contributed by atoms with Gasteiger partial charge in [0.05, 0.1) is 5.69 Å². The lowest BCUT2D eigenvalue weighted by molar-refractivity contribution is -0.122. The Kier molecular flexibility index (Phi) is 13.6. The molecule has 0 bridgehead atoms. The minimum absolute atomic E-state index is 0.0961. The maximum atomic E-state index is 11.6. The van der Waals surface area contributed by atoms with Crippen molar-refractivity contribution in [1.82, 2.24) is 0 Å². The summed E-state index contributed by atoms with van der Waals surface area (Å²) in [5.74, 6) is -0.377. The number of para-hydroxylation sites is 1. The van der Waals surface area contributed by atoms with E-state index >= 15 is 0 Å². The molecule has 2 amide bonds. The summed E-state index contributed by atoms with van der Waals surface area (Å²) in [5, 5.41) is 0. The number of benzene rings is 1. The molecule has 1 fully saturated rings. The number of imide groups is 1. The first-order valence-electron chi connectivity index (χ1n) is 8.73. The molecular formula is C20H35NO2S.